The van der Waals surface area contributed by atoms with Crippen LogP contribution in [0.25, 0.3) is 0 Å². The van der Waals surface area contributed by atoms with Crippen LogP contribution in [0, 0.1) is 5.92 Å². The van der Waals surface area contributed by atoms with Crippen molar-refractivity contribution >= 4 is 11.7 Å². The third-order valence-electron chi connectivity index (χ3n) is 3.43. The highest BCUT2D eigenvalue weighted by atomic mass is 16.5. The molecule has 1 heterocycles. The molecule has 18 heavy (non-hydrogen) atoms. The Morgan fingerprint density at radius 3 is 2.89 bits per heavy atom. The molecule has 5 heteroatoms. The molecule has 0 aliphatic heterocycles. The van der Waals surface area contributed by atoms with Gasteiger partial charge in [-0.05, 0) is 25.7 Å². The Labute approximate surface area is 107 Å². The Balaban J connectivity index is 2.01. The number of esters is 1. The number of nitrogens with two attached hydrogens (primary N) is 1. The summed E-state index contributed by atoms with van der Waals surface area (Å²) in [6, 6.07) is 0. The SMILES string of the molecule is CCOC(=O)c1nn(CC2CCCCC2)cc1N. The molecule has 0 spiro atoms. The van der Waals surface area contributed by atoms with Crippen molar-refractivity contribution < 1.29 is 9.53 Å². The van der Waals surface area contributed by atoms with Crippen LogP contribution in [0.5, 0.6) is 0 Å². The number of nitrogen functional groups attached to an aromatic ring is 1. The van der Waals surface area contributed by atoms with E-state index in [0.29, 0.717) is 18.2 Å². The monoisotopic (exact) mass is 251 g/mol. The fourth-order valence-electron chi connectivity index (χ4n) is 2.52. The van der Waals surface area contributed by atoms with Crippen LogP contribution in [0.1, 0.15) is 49.5 Å². The first-order valence-electron chi connectivity index (χ1n) is 6.70. The maximum atomic E-state index is 11.6. The molecule has 0 saturated heterocycles. The summed E-state index contributed by atoms with van der Waals surface area (Å²) in [5.74, 6) is 0.227. The normalized spacial score (nSPS) is 16.7. The van der Waals surface area contributed by atoms with E-state index in [-0.39, 0.29) is 5.69 Å². The summed E-state index contributed by atoms with van der Waals surface area (Å²) in [5, 5.41) is 4.24. The number of hydrogen-bond acceptors (Lipinski definition) is 4. The summed E-state index contributed by atoms with van der Waals surface area (Å²) in [6.07, 6.45) is 8.16. The van der Waals surface area contributed by atoms with Crippen LogP contribution < -0.4 is 5.73 Å². The number of hydrogen-bond donors (Lipinski definition) is 1. The quantitative estimate of drug-likeness (QED) is 0.833. The lowest BCUT2D eigenvalue weighted by molar-refractivity contribution is 0.0519. The first kappa shape index (κ1) is 12.9. The smallest absolute Gasteiger partial charge is 0.361 e. The number of anilines is 1. The van der Waals surface area contributed by atoms with Crippen molar-refractivity contribution in [2.45, 2.75) is 45.6 Å². The van der Waals surface area contributed by atoms with E-state index in [2.05, 4.69) is 5.10 Å². The van der Waals surface area contributed by atoms with Gasteiger partial charge in [-0.3, -0.25) is 4.68 Å². The Bertz CT molecular complexity index is 408. The molecule has 100 valence electrons. The van der Waals surface area contributed by atoms with Crippen molar-refractivity contribution in [2.24, 2.45) is 5.92 Å². The minimum absolute atomic E-state index is 0.243. The molecule has 2 N–H and O–H groups in total. The predicted octanol–water partition coefficient (Wildman–Crippen LogP) is 2.22. The molecule has 5 nitrogen and oxygen atoms in total. The molecule has 1 aliphatic rings. The first-order valence-corrected chi connectivity index (χ1v) is 6.70. The molecule has 0 amide bonds. The number of aromatic nitrogens is 2. The van der Waals surface area contributed by atoms with E-state index < -0.39 is 5.97 Å². The second-order valence-corrected chi connectivity index (χ2v) is 4.88. The largest absolute Gasteiger partial charge is 0.461 e. The minimum atomic E-state index is -0.433. The fourth-order valence-corrected chi connectivity index (χ4v) is 2.52. The molecule has 0 bridgehead atoms. The van der Waals surface area contributed by atoms with Gasteiger partial charge in [-0.2, -0.15) is 5.10 Å². The van der Waals surface area contributed by atoms with Crippen molar-refractivity contribution in [1.82, 2.24) is 9.78 Å². The van der Waals surface area contributed by atoms with E-state index in [0.717, 1.165) is 6.54 Å². The van der Waals surface area contributed by atoms with E-state index in [1.54, 1.807) is 17.8 Å². The predicted molar refractivity (Wildman–Crippen MR) is 69.2 cm³/mol. The zero-order chi connectivity index (χ0) is 13.0. The third-order valence-corrected chi connectivity index (χ3v) is 3.43. The van der Waals surface area contributed by atoms with Crippen LogP contribution in [0.2, 0.25) is 0 Å². The van der Waals surface area contributed by atoms with Crippen molar-refractivity contribution in [3.8, 4) is 0 Å². The number of ether oxygens (including phenoxy) is 1. The van der Waals surface area contributed by atoms with Gasteiger partial charge < -0.3 is 10.5 Å². The van der Waals surface area contributed by atoms with Crippen LogP contribution >= 0.6 is 0 Å². The molecule has 1 aromatic heterocycles. The highest BCUT2D eigenvalue weighted by Crippen LogP contribution is 2.25. The maximum Gasteiger partial charge on any atom is 0.361 e. The third kappa shape index (κ3) is 3.03. The van der Waals surface area contributed by atoms with Crippen molar-refractivity contribution in [3.63, 3.8) is 0 Å². The molecule has 0 radical (unpaired) electrons. The van der Waals surface area contributed by atoms with Crippen molar-refractivity contribution in [1.29, 1.82) is 0 Å². The van der Waals surface area contributed by atoms with Gasteiger partial charge in [0.15, 0.2) is 5.69 Å². The fraction of sp³-hybridized carbons (Fsp3) is 0.692. The summed E-state index contributed by atoms with van der Waals surface area (Å²) in [7, 11) is 0. The van der Waals surface area contributed by atoms with Crippen LogP contribution in [0.4, 0.5) is 5.69 Å². The Morgan fingerprint density at radius 2 is 2.22 bits per heavy atom. The lowest BCUT2D eigenvalue weighted by atomic mass is 9.89. The minimum Gasteiger partial charge on any atom is -0.461 e. The van der Waals surface area contributed by atoms with E-state index in [1.165, 1.54) is 32.1 Å². The van der Waals surface area contributed by atoms with Crippen LogP contribution in [-0.4, -0.2) is 22.4 Å². The maximum absolute atomic E-state index is 11.6. The van der Waals surface area contributed by atoms with Gasteiger partial charge in [0.05, 0.1) is 12.3 Å². The van der Waals surface area contributed by atoms with Crippen molar-refractivity contribution in [3.05, 3.63) is 11.9 Å². The molecule has 1 aromatic rings. The summed E-state index contributed by atoms with van der Waals surface area (Å²) >= 11 is 0. The van der Waals surface area contributed by atoms with Gasteiger partial charge in [-0.1, -0.05) is 19.3 Å². The lowest BCUT2D eigenvalue weighted by Gasteiger charge is -2.21. The van der Waals surface area contributed by atoms with Crippen LogP contribution in [-0.2, 0) is 11.3 Å². The van der Waals surface area contributed by atoms with Gasteiger partial charge in [-0.25, -0.2) is 4.79 Å². The molecule has 0 atom stereocenters. The summed E-state index contributed by atoms with van der Waals surface area (Å²) < 4.78 is 6.71. The second kappa shape index (κ2) is 5.89. The van der Waals surface area contributed by atoms with E-state index in [1.807, 2.05) is 0 Å². The Hall–Kier alpha value is -1.52. The van der Waals surface area contributed by atoms with Crippen LogP contribution in [0.15, 0.2) is 6.20 Å². The molecular weight excluding hydrogens is 230 g/mol. The standard InChI is InChI=1S/C13H21N3O2/c1-2-18-13(17)12-11(14)9-16(15-12)8-10-6-4-3-5-7-10/h9-10H,2-8,14H2,1H3. The number of nitrogens with zero attached hydrogens (tertiary/aromatic N) is 2. The van der Waals surface area contributed by atoms with E-state index >= 15 is 0 Å². The van der Waals surface area contributed by atoms with E-state index in [9.17, 15) is 4.79 Å². The van der Waals surface area contributed by atoms with Crippen molar-refractivity contribution in [2.75, 3.05) is 12.3 Å². The number of carbonyl (C=O) groups excluding carboxylic acids is 1. The Kier molecular flexibility index (Phi) is 4.23. The Morgan fingerprint density at radius 1 is 1.50 bits per heavy atom. The van der Waals surface area contributed by atoms with E-state index in [4.69, 9.17) is 10.5 Å². The highest BCUT2D eigenvalue weighted by molar-refractivity contribution is 5.92. The van der Waals surface area contributed by atoms with Gasteiger partial charge in [0.25, 0.3) is 0 Å². The molecule has 1 fully saturated rings. The van der Waals surface area contributed by atoms with Gasteiger partial charge in [0.1, 0.15) is 0 Å². The molecular formula is C13H21N3O2. The topological polar surface area (TPSA) is 70.1 Å². The number of carbonyl (C=O) groups is 1. The van der Waals surface area contributed by atoms with Gasteiger partial charge in [-0.15, -0.1) is 0 Å². The summed E-state index contributed by atoms with van der Waals surface area (Å²) in [4.78, 5) is 11.6. The first-order chi connectivity index (χ1) is 8.70. The van der Waals surface area contributed by atoms with Gasteiger partial charge in [0, 0.05) is 12.7 Å². The molecule has 1 aliphatic carbocycles. The summed E-state index contributed by atoms with van der Waals surface area (Å²) in [5.41, 5.74) is 6.44. The number of rotatable bonds is 4. The van der Waals surface area contributed by atoms with Crippen LogP contribution in [0.3, 0.4) is 0 Å². The zero-order valence-electron chi connectivity index (χ0n) is 10.9. The highest BCUT2D eigenvalue weighted by Gasteiger charge is 2.19. The average molecular weight is 251 g/mol. The zero-order valence-corrected chi connectivity index (χ0v) is 10.9. The summed E-state index contributed by atoms with van der Waals surface area (Å²) in [6.45, 7) is 2.96. The van der Waals surface area contributed by atoms with Gasteiger partial charge >= 0.3 is 5.97 Å². The average Bonchev–Trinajstić information content (AvgIpc) is 2.72. The molecule has 0 aromatic carbocycles. The molecule has 1 saturated carbocycles. The van der Waals surface area contributed by atoms with Gasteiger partial charge in [0.2, 0.25) is 0 Å². The molecule has 2 rings (SSSR count). The second-order valence-electron chi connectivity index (χ2n) is 4.88. The molecule has 0 unspecified atom stereocenters. The lowest BCUT2D eigenvalue weighted by Crippen LogP contribution is -2.15.